The van der Waals surface area contributed by atoms with Gasteiger partial charge < -0.3 is 15.7 Å². The van der Waals surface area contributed by atoms with Crippen molar-refractivity contribution in [3.05, 3.63) is 40.0 Å². The summed E-state index contributed by atoms with van der Waals surface area (Å²) in [5.41, 5.74) is 2.96. The normalized spacial score (nSPS) is 12.7. The number of carbonyl (C=O) groups is 3. The number of halogens is 1. The summed E-state index contributed by atoms with van der Waals surface area (Å²) >= 11 is 6.07. The van der Waals surface area contributed by atoms with Gasteiger partial charge in [-0.15, -0.1) is 0 Å². The zero-order valence-corrected chi connectivity index (χ0v) is 14.0. The lowest BCUT2D eigenvalue weighted by molar-refractivity contribution is -0.137. The highest BCUT2D eigenvalue weighted by molar-refractivity contribution is 6.31. The molecule has 3 N–H and O–H groups in total. The molecule has 0 spiro atoms. The summed E-state index contributed by atoms with van der Waals surface area (Å²) in [4.78, 5) is 39.4. The summed E-state index contributed by atoms with van der Waals surface area (Å²) < 4.78 is 0. The van der Waals surface area contributed by atoms with Gasteiger partial charge in [0.25, 0.3) is 5.91 Å². The summed E-state index contributed by atoms with van der Waals surface area (Å²) in [6, 6.07) is 5.19. The number of carboxylic acids is 1. The SMILES string of the molecule is O=C(O)CNC(=O)CNC(=O)c1c2c(nc3ccc(Cl)cc13)CCC2. The van der Waals surface area contributed by atoms with Crippen LogP contribution >= 0.6 is 11.6 Å². The van der Waals surface area contributed by atoms with Crippen LogP contribution in [0, 0.1) is 0 Å². The Morgan fingerprint density at radius 1 is 1.16 bits per heavy atom. The maximum atomic E-state index is 12.7. The minimum Gasteiger partial charge on any atom is -0.480 e. The van der Waals surface area contributed by atoms with E-state index < -0.39 is 24.3 Å². The monoisotopic (exact) mass is 361 g/mol. The molecule has 2 aromatic rings. The lowest BCUT2D eigenvalue weighted by Gasteiger charge is -2.13. The third-order valence-corrected chi connectivity index (χ3v) is 4.28. The number of aliphatic carboxylic acids is 1. The van der Waals surface area contributed by atoms with Crippen LogP contribution in [0.15, 0.2) is 18.2 Å². The number of benzene rings is 1. The van der Waals surface area contributed by atoms with E-state index in [0.717, 1.165) is 30.5 Å². The molecule has 0 saturated carbocycles. The van der Waals surface area contributed by atoms with Crippen molar-refractivity contribution in [2.45, 2.75) is 19.3 Å². The van der Waals surface area contributed by atoms with E-state index in [2.05, 4.69) is 15.6 Å². The number of carboxylic acid groups (broad SMARTS) is 1. The highest BCUT2D eigenvalue weighted by atomic mass is 35.5. The van der Waals surface area contributed by atoms with Gasteiger partial charge in [0.05, 0.1) is 17.6 Å². The molecule has 1 aliphatic rings. The second-order valence-electron chi connectivity index (χ2n) is 5.78. The maximum absolute atomic E-state index is 12.7. The molecule has 1 heterocycles. The fourth-order valence-corrected chi connectivity index (χ4v) is 3.15. The zero-order chi connectivity index (χ0) is 18.0. The van der Waals surface area contributed by atoms with Crippen molar-refractivity contribution in [3.8, 4) is 0 Å². The molecule has 0 radical (unpaired) electrons. The lowest BCUT2D eigenvalue weighted by atomic mass is 10.0. The second-order valence-corrected chi connectivity index (χ2v) is 6.22. The van der Waals surface area contributed by atoms with Gasteiger partial charge in [-0.3, -0.25) is 19.4 Å². The van der Waals surface area contributed by atoms with Crippen LogP contribution in [0.3, 0.4) is 0 Å². The van der Waals surface area contributed by atoms with Crippen molar-refractivity contribution in [1.29, 1.82) is 0 Å². The molecule has 3 rings (SSSR count). The standard InChI is InChI=1S/C17H16ClN3O4/c18-9-4-5-13-11(6-9)16(10-2-1-3-12(10)21-13)17(25)20-7-14(22)19-8-15(23)24/h4-6H,1-3,7-8H2,(H,19,22)(H,20,25)(H,23,24). The van der Waals surface area contributed by atoms with E-state index in [1.54, 1.807) is 18.2 Å². The molecule has 25 heavy (non-hydrogen) atoms. The smallest absolute Gasteiger partial charge is 0.322 e. The van der Waals surface area contributed by atoms with Gasteiger partial charge in [0, 0.05) is 16.1 Å². The van der Waals surface area contributed by atoms with Crippen LogP contribution in [0.1, 0.15) is 28.0 Å². The Morgan fingerprint density at radius 3 is 2.72 bits per heavy atom. The first-order valence-corrected chi connectivity index (χ1v) is 8.21. The van der Waals surface area contributed by atoms with Crippen molar-refractivity contribution >= 4 is 40.3 Å². The summed E-state index contributed by atoms with van der Waals surface area (Å²) in [6.07, 6.45) is 2.48. The molecule has 130 valence electrons. The molecule has 0 unspecified atom stereocenters. The van der Waals surface area contributed by atoms with Crippen LogP contribution in [0.2, 0.25) is 5.02 Å². The molecule has 0 atom stereocenters. The second kappa shape index (κ2) is 7.06. The Labute approximate surface area is 148 Å². The average molecular weight is 362 g/mol. The molecule has 8 heteroatoms. The fourth-order valence-electron chi connectivity index (χ4n) is 2.98. The third-order valence-electron chi connectivity index (χ3n) is 4.05. The van der Waals surface area contributed by atoms with Crippen molar-refractivity contribution in [3.63, 3.8) is 0 Å². The number of amides is 2. The van der Waals surface area contributed by atoms with E-state index in [1.807, 2.05) is 0 Å². The summed E-state index contributed by atoms with van der Waals surface area (Å²) in [6.45, 7) is -0.789. The van der Waals surface area contributed by atoms with Gasteiger partial charge in [0.2, 0.25) is 5.91 Å². The van der Waals surface area contributed by atoms with Crippen LogP contribution in [0.4, 0.5) is 0 Å². The van der Waals surface area contributed by atoms with E-state index in [9.17, 15) is 14.4 Å². The van der Waals surface area contributed by atoms with Gasteiger partial charge in [0.1, 0.15) is 6.54 Å². The highest BCUT2D eigenvalue weighted by Gasteiger charge is 2.24. The van der Waals surface area contributed by atoms with Crippen molar-refractivity contribution in [1.82, 2.24) is 15.6 Å². The van der Waals surface area contributed by atoms with Crippen LogP contribution in [-0.4, -0.2) is 41.0 Å². The summed E-state index contributed by atoms with van der Waals surface area (Å²) in [5.74, 6) is -2.10. The third kappa shape index (κ3) is 3.71. The lowest BCUT2D eigenvalue weighted by Crippen LogP contribution is -2.39. The zero-order valence-electron chi connectivity index (χ0n) is 13.3. The molecule has 0 aliphatic heterocycles. The van der Waals surface area contributed by atoms with E-state index in [0.29, 0.717) is 21.5 Å². The number of nitrogens with one attached hydrogen (secondary N) is 2. The van der Waals surface area contributed by atoms with E-state index in [-0.39, 0.29) is 6.54 Å². The molecule has 0 bridgehead atoms. The molecule has 0 saturated heterocycles. The number of nitrogens with zero attached hydrogens (tertiary/aromatic N) is 1. The number of hydrogen-bond donors (Lipinski definition) is 3. The van der Waals surface area contributed by atoms with Crippen molar-refractivity contribution in [2.24, 2.45) is 0 Å². The Morgan fingerprint density at radius 2 is 1.96 bits per heavy atom. The Bertz CT molecular complexity index is 882. The van der Waals surface area contributed by atoms with Gasteiger partial charge in [-0.2, -0.15) is 0 Å². The van der Waals surface area contributed by atoms with Gasteiger partial charge >= 0.3 is 5.97 Å². The average Bonchev–Trinajstić information content (AvgIpc) is 3.03. The van der Waals surface area contributed by atoms with Crippen molar-refractivity contribution in [2.75, 3.05) is 13.1 Å². The minimum atomic E-state index is -1.15. The largest absolute Gasteiger partial charge is 0.480 e. The first kappa shape index (κ1) is 17.2. The molecule has 2 amide bonds. The van der Waals surface area contributed by atoms with Gasteiger partial charge in [-0.05, 0) is 43.0 Å². The number of fused-ring (bicyclic) bond motifs is 2. The Hall–Kier alpha value is -2.67. The van der Waals surface area contributed by atoms with E-state index in [1.165, 1.54) is 0 Å². The van der Waals surface area contributed by atoms with Crippen LogP contribution in [0.5, 0.6) is 0 Å². The van der Waals surface area contributed by atoms with E-state index >= 15 is 0 Å². The minimum absolute atomic E-state index is 0.300. The molecule has 0 fully saturated rings. The number of pyridine rings is 1. The number of aromatic nitrogens is 1. The summed E-state index contributed by atoms with van der Waals surface area (Å²) in [5, 5.41) is 14.4. The maximum Gasteiger partial charge on any atom is 0.322 e. The van der Waals surface area contributed by atoms with E-state index in [4.69, 9.17) is 16.7 Å². The first-order chi connectivity index (χ1) is 12.0. The number of aryl methyl sites for hydroxylation is 1. The predicted molar refractivity (Wildman–Crippen MR) is 91.8 cm³/mol. The Balaban J connectivity index is 1.87. The number of carbonyl (C=O) groups excluding carboxylic acids is 2. The fraction of sp³-hybridized carbons (Fsp3) is 0.294. The molecule has 1 aromatic carbocycles. The predicted octanol–water partition coefficient (Wildman–Crippen LogP) is 1.31. The van der Waals surface area contributed by atoms with Crippen LogP contribution < -0.4 is 10.6 Å². The topological polar surface area (TPSA) is 108 Å². The highest BCUT2D eigenvalue weighted by Crippen LogP contribution is 2.31. The van der Waals surface area contributed by atoms with Crippen LogP contribution in [0.25, 0.3) is 10.9 Å². The Kier molecular flexibility index (Phi) is 4.85. The molecule has 1 aromatic heterocycles. The quantitative estimate of drug-likeness (QED) is 0.744. The van der Waals surface area contributed by atoms with Gasteiger partial charge in [-0.1, -0.05) is 11.6 Å². The molecular formula is C17H16ClN3O4. The first-order valence-electron chi connectivity index (χ1n) is 7.83. The van der Waals surface area contributed by atoms with Gasteiger partial charge in [-0.25, -0.2) is 0 Å². The molecular weight excluding hydrogens is 346 g/mol. The number of hydrogen-bond acceptors (Lipinski definition) is 4. The number of rotatable bonds is 5. The van der Waals surface area contributed by atoms with Crippen LogP contribution in [-0.2, 0) is 22.4 Å². The molecule has 7 nitrogen and oxygen atoms in total. The molecule has 1 aliphatic carbocycles. The van der Waals surface area contributed by atoms with Crippen molar-refractivity contribution < 1.29 is 19.5 Å². The summed E-state index contributed by atoms with van der Waals surface area (Å²) in [7, 11) is 0. The van der Waals surface area contributed by atoms with Gasteiger partial charge in [0.15, 0.2) is 0 Å².